The van der Waals surface area contributed by atoms with Crippen molar-refractivity contribution in [3.05, 3.63) is 112 Å². The number of pyridine rings is 1. The molecule has 0 aliphatic carbocycles. The molecule has 0 spiro atoms. The fourth-order valence-electron chi connectivity index (χ4n) is 6.39. The third-order valence-electron chi connectivity index (χ3n) is 9.00. The van der Waals surface area contributed by atoms with E-state index in [1.807, 2.05) is 49.0 Å². The normalized spacial score (nSPS) is 13.5. The molecule has 0 radical (unpaired) electrons. The highest BCUT2D eigenvalue weighted by Crippen LogP contribution is 2.33. The molecule has 1 aliphatic heterocycles. The average Bonchev–Trinajstić information content (AvgIpc) is 3.55. The first kappa shape index (κ1) is 34.1. The Morgan fingerprint density at radius 3 is 2.53 bits per heavy atom. The van der Waals surface area contributed by atoms with Gasteiger partial charge in [0.1, 0.15) is 5.82 Å². The highest BCUT2D eigenvalue weighted by atomic mass is 35.5. The summed E-state index contributed by atoms with van der Waals surface area (Å²) in [6, 6.07) is 18.9. The molecule has 2 aromatic heterocycles. The van der Waals surface area contributed by atoms with Gasteiger partial charge in [0.15, 0.2) is 5.65 Å². The van der Waals surface area contributed by atoms with Crippen LogP contribution in [0.5, 0.6) is 0 Å². The molecule has 3 N–H and O–H groups in total. The number of carbonyl (C=O) groups excluding carboxylic acids is 2. The summed E-state index contributed by atoms with van der Waals surface area (Å²) in [5, 5.41) is 9.29. The van der Waals surface area contributed by atoms with E-state index in [1.54, 1.807) is 35.2 Å². The van der Waals surface area contributed by atoms with Crippen LogP contribution in [-0.2, 0) is 36.7 Å². The molecule has 0 saturated carbocycles. The van der Waals surface area contributed by atoms with Crippen molar-refractivity contribution in [3.63, 3.8) is 0 Å². The van der Waals surface area contributed by atoms with Crippen LogP contribution in [0.1, 0.15) is 69.8 Å². The molecule has 3 aromatic carbocycles. The Morgan fingerprint density at radius 2 is 1.80 bits per heavy atom. The second-order valence-electron chi connectivity index (χ2n) is 12.2. The van der Waals surface area contributed by atoms with E-state index in [4.69, 9.17) is 27.1 Å². The molecule has 9 nitrogen and oxygen atoms in total. The van der Waals surface area contributed by atoms with Crippen molar-refractivity contribution in [1.29, 1.82) is 0 Å². The van der Waals surface area contributed by atoms with E-state index in [1.165, 1.54) is 12.1 Å². The number of nitrogens with two attached hydrogens (primary N) is 1. The second kappa shape index (κ2) is 15.2. The molecule has 0 atom stereocenters. The van der Waals surface area contributed by atoms with E-state index in [-0.39, 0.29) is 36.4 Å². The van der Waals surface area contributed by atoms with Gasteiger partial charge in [-0.25, -0.2) is 14.1 Å². The Labute approximate surface area is 290 Å². The number of carbonyl (C=O) groups is 2. The van der Waals surface area contributed by atoms with Crippen molar-refractivity contribution in [1.82, 2.24) is 19.7 Å². The number of halogens is 2. The number of aryl methyl sites for hydroxylation is 2. The van der Waals surface area contributed by atoms with Crippen LogP contribution in [0, 0.1) is 5.82 Å². The standard InChI is InChI=1S/C38H40ClFN6O3/c1-3-34-32(35(43-29-13-15-49-16-14-29)31-21-42-46(4-2)37(31)44-34)23-45(38(48)28-10-6-9-27(19-28)36(41)47)22-25-11-12-33(40)30(18-25)26-8-5-7-24(17-26)20-39/h5-12,17-19,21,29H,3-4,13-16,20,22-23H2,1-2H3,(H2,41,47)(H,43,44). The first-order valence-electron chi connectivity index (χ1n) is 16.6. The highest BCUT2D eigenvalue weighted by molar-refractivity contribution is 6.17. The predicted octanol–water partition coefficient (Wildman–Crippen LogP) is 7.09. The topological polar surface area (TPSA) is 115 Å². The summed E-state index contributed by atoms with van der Waals surface area (Å²) in [5.74, 6) is -0.994. The van der Waals surface area contributed by atoms with E-state index < -0.39 is 5.91 Å². The SMILES string of the molecule is CCc1nc2c(cnn2CC)c(NC2CCOCC2)c1CN(Cc1ccc(F)c(-c2cccc(CCl)c2)c1)C(=O)c1cccc(C(N)=O)c1. The summed E-state index contributed by atoms with van der Waals surface area (Å²) >= 11 is 6.08. The van der Waals surface area contributed by atoms with Crippen LogP contribution in [0.3, 0.4) is 0 Å². The Bertz CT molecular complexity index is 1990. The number of rotatable bonds is 12. The molecule has 2 amide bonds. The van der Waals surface area contributed by atoms with Gasteiger partial charge < -0.3 is 20.7 Å². The molecule has 1 fully saturated rings. The molecule has 1 aliphatic rings. The first-order valence-corrected chi connectivity index (χ1v) is 17.2. The van der Waals surface area contributed by atoms with E-state index in [0.29, 0.717) is 48.7 Å². The molecular formula is C38H40ClFN6O3. The number of hydrogen-bond acceptors (Lipinski definition) is 6. The molecule has 6 rings (SSSR count). The lowest BCUT2D eigenvalue weighted by atomic mass is 9.99. The van der Waals surface area contributed by atoms with Crippen molar-refractivity contribution in [2.24, 2.45) is 5.73 Å². The Kier molecular flexibility index (Phi) is 10.6. The Balaban J connectivity index is 1.46. The molecular weight excluding hydrogens is 643 g/mol. The number of nitrogens with one attached hydrogen (secondary N) is 1. The summed E-state index contributed by atoms with van der Waals surface area (Å²) in [5.41, 5.74) is 12.3. The molecule has 5 aromatic rings. The number of hydrogen-bond donors (Lipinski definition) is 2. The Hall–Kier alpha value is -4.80. The predicted molar refractivity (Wildman–Crippen MR) is 190 cm³/mol. The minimum Gasteiger partial charge on any atom is -0.381 e. The minimum absolute atomic E-state index is 0.161. The smallest absolute Gasteiger partial charge is 0.254 e. The lowest BCUT2D eigenvalue weighted by molar-refractivity contribution is 0.0730. The molecule has 254 valence electrons. The number of fused-ring (bicyclic) bond motifs is 1. The number of primary amides is 1. The van der Waals surface area contributed by atoms with Crippen LogP contribution in [0.2, 0.25) is 0 Å². The maximum atomic E-state index is 15.3. The highest BCUT2D eigenvalue weighted by Gasteiger charge is 2.26. The van der Waals surface area contributed by atoms with Crippen molar-refractivity contribution >= 4 is 40.1 Å². The fourth-order valence-corrected chi connectivity index (χ4v) is 6.56. The van der Waals surface area contributed by atoms with Crippen molar-refractivity contribution in [2.75, 3.05) is 18.5 Å². The number of nitrogens with zero attached hydrogens (tertiary/aromatic N) is 4. The van der Waals surface area contributed by atoms with E-state index >= 15 is 4.39 Å². The summed E-state index contributed by atoms with van der Waals surface area (Å²) in [6.45, 7) is 6.43. The van der Waals surface area contributed by atoms with Crippen molar-refractivity contribution in [2.45, 2.75) is 64.7 Å². The zero-order valence-corrected chi connectivity index (χ0v) is 28.5. The van der Waals surface area contributed by atoms with Crippen LogP contribution in [0.25, 0.3) is 22.2 Å². The molecule has 11 heteroatoms. The second-order valence-corrected chi connectivity index (χ2v) is 12.5. The van der Waals surface area contributed by atoms with Crippen molar-refractivity contribution in [3.8, 4) is 11.1 Å². The lowest BCUT2D eigenvalue weighted by Gasteiger charge is -2.29. The molecule has 0 unspecified atom stereocenters. The molecule has 0 bridgehead atoms. The first-order chi connectivity index (χ1) is 23.8. The van der Waals surface area contributed by atoms with Gasteiger partial charge in [0.2, 0.25) is 5.91 Å². The maximum absolute atomic E-state index is 15.3. The van der Waals surface area contributed by atoms with Crippen LogP contribution >= 0.6 is 11.6 Å². The lowest BCUT2D eigenvalue weighted by Crippen LogP contribution is -2.33. The number of alkyl halides is 1. The van der Waals surface area contributed by atoms with Crippen LogP contribution in [0.4, 0.5) is 10.1 Å². The minimum atomic E-state index is -0.623. The van der Waals surface area contributed by atoms with Gasteiger partial charge in [-0.05, 0) is 79.3 Å². The van der Waals surface area contributed by atoms with Gasteiger partial charge in [-0.1, -0.05) is 37.3 Å². The Morgan fingerprint density at radius 1 is 1.02 bits per heavy atom. The molecule has 3 heterocycles. The largest absolute Gasteiger partial charge is 0.381 e. The van der Waals surface area contributed by atoms with Crippen LogP contribution in [-0.4, -0.2) is 50.7 Å². The van der Waals surface area contributed by atoms with Gasteiger partial charge in [0, 0.05) is 66.2 Å². The average molecular weight is 683 g/mol. The van der Waals surface area contributed by atoms with Crippen LogP contribution < -0.4 is 11.1 Å². The van der Waals surface area contributed by atoms with E-state index in [0.717, 1.165) is 51.9 Å². The number of ether oxygens (including phenoxy) is 1. The summed E-state index contributed by atoms with van der Waals surface area (Å²) in [6.07, 6.45) is 4.15. The van der Waals surface area contributed by atoms with Gasteiger partial charge in [0.25, 0.3) is 5.91 Å². The van der Waals surface area contributed by atoms with Gasteiger partial charge in [-0.15, -0.1) is 11.6 Å². The summed E-state index contributed by atoms with van der Waals surface area (Å²) in [7, 11) is 0. The van der Waals surface area contributed by atoms with Gasteiger partial charge >= 0.3 is 0 Å². The van der Waals surface area contributed by atoms with Crippen LogP contribution in [0.15, 0.2) is 72.9 Å². The quantitative estimate of drug-likeness (QED) is 0.136. The third kappa shape index (κ3) is 7.45. The monoisotopic (exact) mass is 682 g/mol. The fraction of sp³-hybridized carbons (Fsp3) is 0.316. The number of aromatic nitrogens is 3. The van der Waals surface area contributed by atoms with Gasteiger partial charge in [0.05, 0.1) is 23.8 Å². The van der Waals surface area contributed by atoms with Gasteiger partial charge in [-0.2, -0.15) is 5.10 Å². The molecule has 49 heavy (non-hydrogen) atoms. The number of anilines is 1. The molecule has 1 saturated heterocycles. The van der Waals surface area contributed by atoms with Gasteiger partial charge in [-0.3, -0.25) is 9.59 Å². The van der Waals surface area contributed by atoms with E-state index in [9.17, 15) is 9.59 Å². The summed E-state index contributed by atoms with van der Waals surface area (Å²) in [4.78, 5) is 33.3. The third-order valence-corrected chi connectivity index (χ3v) is 9.31. The zero-order valence-electron chi connectivity index (χ0n) is 27.7. The van der Waals surface area contributed by atoms with Crippen molar-refractivity contribution < 1.29 is 18.7 Å². The number of benzene rings is 3. The zero-order chi connectivity index (χ0) is 34.5. The maximum Gasteiger partial charge on any atom is 0.254 e. The number of amides is 2. The summed E-state index contributed by atoms with van der Waals surface area (Å²) < 4.78 is 22.8. The van der Waals surface area contributed by atoms with E-state index in [2.05, 4.69) is 10.4 Å².